The molecule has 2 bridgehead atoms. The first-order valence-corrected chi connectivity index (χ1v) is 14.6. The predicted molar refractivity (Wildman–Crippen MR) is 155 cm³/mol. The lowest BCUT2D eigenvalue weighted by molar-refractivity contribution is -0.140. The van der Waals surface area contributed by atoms with Crippen LogP contribution in [0.2, 0.25) is 0 Å². The van der Waals surface area contributed by atoms with Crippen LogP contribution in [-0.4, -0.2) is 54.3 Å². The van der Waals surface area contributed by atoms with E-state index in [-0.39, 0.29) is 31.4 Å². The van der Waals surface area contributed by atoms with E-state index in [1.54, 1.807) is 0 Å². The first-order valence-electron chi connectivity index (χ1n) is 14.6. The van der Waals surface area contributed by atoms with Crippen LogP contribution in [0.15, 0.2) is 91.0 Å². The van der Waals surface area contributed by atoms with Crippen molar-refractivity contribution < 1.29 is 23.8 Å². The Morgan fingerprint density at radius 1 is 0.707 bits per heavy atom. The summed E-state index contributed by atoms with van der Waals surface area (Å²) in [5.41, 5.74) is 2.63. The van der Waals surface area contributed by atoms with E-state index in [9.17, 15) is 9.59 Å². The number of amides is 2. The van der Waals surface area contributed by atoms with Crippen molar-refractivity contribution in [1.29, 1.82) is 0 Å². The van der Waals surface area contributed by atoms with Gasteiger partial charge in [-0.2, -0.15) is 0 Å². The zero-order valence-electron chi connectivity index (χ0n) is 23.4. The van der Waals surface area contributed by atoms with Crippen LogP contribution in [0.1, 0.15) is 36.0 Å². The van der Waals surface area contributed by atoms with Gasteiger partial charge in [0.1, 0.15) is 13.2 Å². The number of benzene rings is 3. The lowest BCUT2D eigenvalue weighted by Crippen LogP contribution is -2.68. The van der Waals surface area contributed by atoms with Gasteiger partial charge in [-0.15, -0.1) is 0 Å². The molecule has 7 nitrogen and oxygen atoms in total. The third-order valence-electron chi connectivity index (χ3n) is 9.04. The second kappa shape index (κ2) is 12.4. The van der Waals surface area contributed by atoms with Crippen molar-refractivity contribution in [1.82, 2.24) is 9.80 Å². The van der Waals surface area contributed by atoms with Crippen LogP contribution < -0.4 is 0 Å². The molecule has 3 aromatic rings. The fourth-order valence-electron chi connectivity index (χ4n) is 7.05. The van der Waals surface area contributed by atoms with Crippen molar-refractivity contribution in [2.24, 2.45) is 17.3 Å². The highest BCUT2D eigenvalue weighted by Gasteiger charge is 2.57. The molecular weight excluding hydrogens is 516 g/mol. The number of rotatable bonds is 8. The number of likely N-dealkylation sites (tertiary alicyclic amines) is 2. The average molecular weight is 555 g/mol. The van der Waals surface area contributed by atoms with Crippen LogP contribution in [0.25, 0.3) is 0 Å². The van der Waals surface area contributed by atoms with Crippen molar-refractivity contribution in [2.75, 3.05) is 26.2 Å². The van der Waals surface area contributed by atoms with E-state index in [1.165, 1.54) is 0 Å². The second-order valence-corrected chi connectivity index (χ2v) is 11.8. The van der Waals surface area contributed by atoms with Crippen molar-refractivity contribution >= 4 is 12.2 Å². The van der Waals surface area contributed by atoms with Gasteiger partial charge in [-0.1, -0.05) is 91.0 Å². The third-order valence-corrected chi connectivity index (χ3v) is 9.04. The largest absolute Gasteiger partial charge is 0.445 e. The van der Waals surface area contributed by atoms with Gasteiger partial charge in [-0.3, -0.25) is 0 Å². The van der Waals surface area contributed by atoms with E-state index in [1.807, 2.05) is 88.7 Å². The van der Waals surface area contributed by atoms with E-state index >= 15 is 0 Å². The maximum absolute atomic E-state index is 13.5. The molecule has 0 radical (unpaired) electrons. The molecule has 3 aromatic carbocycles. The summed E-state index contributed by atoms with van der Waals surface area (Å²) in [6.07, 6.45) is 2.19. The Morgan fingerprint density at radius 3 is 1.88 bits per heavy atom. The van der Waals surface area contributed by atoms with Gasteiger partial charge in [0.15, 0.2) is 0 Å². The van der Waals surface area contributed by atoms with Crippen LogP contribution in [0.5, 0.6) is 0 Å². The number of nitrogens with zero attached hydrogens (tertiary/aromatic N) is 2. The Morgan fingerprint density at radius 2 is 1.27 bits per heavy atom. The molecule has 2 aliphatic heterocycles. The molecule has 41 heavy (non-hydrogen) atoms. The maximum atomic E-state index is 13.5. The number of fused-ring (bicyclic) bond motifs is 1. The lowest BCUT2D eigenvalue weighted by atomic mass is 9.57. The Bertz CT molecular complexity index is 1300. The molecule has 2 saturated heterocycles. The van der Waals surface area contributed by atoms with E-state index in [0.717, 1.165) is 36.0 Å². The van der Waals surface area contributed by atoms with E-state index < -0.39 is 5.41 Å². The molecule has 2 heterocycles. The number of carbonyl (C=O) groups excluding carboxylic acids is 2. The van der Waals surface area contributed by atoms with E-state index in [4.69, 9.17) is 14.2 Å². The number of carbonyl (C=O) groups is 2. The van der Waals surface area contributed by atoms with Crippen LogP contribution in [0.3, 0.4) is 0 Å². The molecule has 1 saturated carbocycles. The molecule has 7 heteroatoms. The zero-order chi connectivity index (χ0) is 28.1. The van der Waals surface area contributed by atoms with Gasteiger partial charge in [-0.25, -0.2) is 9.59 Å². The molecule has 6 rings (SSSR count). The summed E-state index contributed by atoms with van der Waals surface area (Å²) in [5.74, 6) is 0.723. The van der Waals surface area contributed by atoms with Crippen LogP contribution in [0, 0.1) is 17.3 Å². The fraction of sp³-hybridized carbons (Fsp3) is 0.412. The molecule has 3 fully saturated rings. The standard InChI is InChI=1S/C34H38N2O5/c37-32(40-21-27-12-6-2-7-13-27)35-19-29-16-17-30-18-31(29)34(23-35,25-39-20-26-10-4-1-5-11-26)24-36(30)33(38)41-22-28-14-8-3-9-15-28/h1-15,29-31H,16-25H2. The molecule has 0 N–H and O–H groups in total. The van der Waals surface area contributed by atoms with Crippen LogP contribution >= 0.6 is 0 Å². The normalized spacial score (nSPS) is 24.9. The monoisotopic (exact) mass is 554 g/mol. The van der Waals surface area contributed by atoms with Crippen molar-refractivity contribution in [3.8, 4) is 0 Å². The summed E-state index contributed by atoms with van der Waals surface area (Å²) >= 11 is 0. The Labute approximate surface area is 242 Å². The predicted octanol–water partition coefficient (Wildman–Crippen LogP) is 6.28. The molecule has 0 aromatic heterocycles. The lowest BCUT2D eigenvalue weighted by Gasteiger charge is -2.60. The summed E-state index contributed by atoms with van der Waals surface area (Å²) in [6, 6.07) is 29.8. The highest BCUT2D eigenvalue weighted by atomic mass is 16.6. The number of piperidine rings is 2. The topological polar surface area (TPSA) is 68.3 Å². The van der Waals surface area contributed by atoms with Gasteiger partial charge < -0.3 is 24.0 Å². The van der Waals surface area contributed by atoms with Gasteiger partial charge in [0.05, 0.1) is 13.2 Å². The fourth-order valence-corrected chi connectivity index (χ4v) is 7.05. The number of hydrogen-bond acceptors (Lipinski definition) is 5. The van der Waals surface area contributed by atoms with Crippen molar-refractivity contribution in [2.45, 2.75) is 45.1 Å². The number of hydrogen-bond donors (Lipinski definition) is 0. The number of ether oxygens (including phenoxy) is 3. The summed E-state index contributed by atoms with van der Waals surface area (Å²) in [7, 11) is 0. The summed E-state index contributed by atoms with van der Waals surface area (Å²) in [4.78, 5) is 30.7. The minimum absolute atomic E-state index is 0.151. The highest BCUT2D eigenvalue weighted by Crippen LogP contribution is 2.52. The maximum Gasteiger partial charge on any atom is 0.410 e. The summed E-state index contributed by atoms with van der Waals surface area (Å²) < 4.78 is 18.0. The minimum Gasteiger partial charge on any atom is -0.445 e. The molecule has 4 atom stereocenters. The smallest absolute Gasteiger partial charge is 0.410 e. The Balaban J connectivity index is 1.20. The Hall–Kier alpha value is -3.84. The average Bonchev–Trinajstić information content (AvgIpc) is 3.03. The molecule has 0 spiro atoms. The molecule has 214 valence electrons. The van der Waals surface area contributed by atoms with Gasteiger partial charge in [-0.05, 0) is 47.8 Å². The van der Waals surface area contributed by atoms with Crippen LogP contribution in [0.4, 0.5) is 9.59 Å². The second-order valence-electron chi connectivity index (χ2n) is 11.8. The highest BCUT2D eigenvalue weighted by molar-refractivity contribution is 5.69. The zero-order valence-corrected chi connectivity index (χ0v) is 23.4. The SMILES string of the molecule is O=C(OCc1ccccc1)N1CC2CCC3CC2C(COCc2ccccc2)(C1)CN3C(=O)OCc1ccccc1. The van der Waals surface area contributed by atoms with Crippen molar-refractivity contribution in [3.63, 3.8) is 0 Å². The van der Waals surface area contributed by atoms with Gasteiger partial charge in [0.25, 0.3) is 0 Å². The van der Waals surface area contributed by atoms with Crippen molar-refractivity contribution in [3.05, 3.63) is 108 Å². The van der Waals surface area contributed by atoms with E-state index in [0.29, 0.717) is 44.7 Å². The van der Waals surface area contributed by atoms with Gasteiger partial charge in [0, 0.05) is 31.1 Å². The first kappa shape index (κ1) is 27.3. The summed E-state index contributed by atoms with van der Waals surface area (Å²) in [5, 5.41) is 0. The molecule has 4 unspecified atom stereocenters. The molecule has 3 aliphatic rings. The van der Waals surface area contributed by atoms with E-state index in [2.05, 4.69) is 12.1 Å². The molecule has 1 aliphatic carbocycles. The van der Waals surface area contributed by atoms with Crippen LogP contribution in [-0.2, 0) is 34.0 Å². The minimum atomic E-state index is -0.397. The molecular formula is C34H38N2O5. The first-order chi connectivity index (χ1) is 20.1. The third kappa shape index (κ3) is 6.25. The summed E-state index contributed by atoms with van der Waals surface area (Å²) in [6.45, 7) is 3.10. The molecule has 2 amide bonds. The Kier molecular flexibility index (Phi) is 8.23. The quantitative estimate of drug-likeness (QED) is 0.328. The van der Waals surface area contributed by atoms with Gasteiger partial charge in [0.2, 0.25) is 0 Å². The van der Waals surface area contributed by atoms with Gasteiger partial charge >= 0.3 is 12.2 Å².